The molecule has 0 spiro atoms. The third kappa shape index (κ3) is 4.50. The molecule has 0 aliphatic carbocycles. The highest BCUT2D eigenvalue weighted by atomic mass is 19.4. The number of alkyl halides is 3. The number of carbonyl (C=O) groups excluding carboxylic acids is 1. The molecule has 0 radical (unpaired) electrons. The molecule has 25 heavy (non-hydrogen) atoms. The molecule has 0 atom stereocenters. The maximum absolute atomic E-state index is 12.7. The average molecular weight is 353 g/mol. The summed E-state index contributed by atoms with van der Waals surface area (Å²) in [4.78, 5) is 24.2. The highest BCUT2D eigenvalue weighted by Gasteiger charge is 2.32. The third-order valence-electron chi connectivity index (χ3n) is 3.39. The Kier molecular flexibility index (Phi) is 5.31. The summed E-state index contributed by atoms with van der Waals surface area (Å²) < 4.78 is 43.2. The lowest BCUT2D eigenvalue weighted by Crippen LogP contribution is -2.28. The minimum atomic E-state index is -4.69. The molecule has 1 N–H and O–H groups in total. The summed E-state index contributed by atoms with van der Waals surface area (Å²) in [5.74, 6) is -1.58. The van der Waals surface area contributed by atoms with Gasteiger partial charge in [0.1, 0.15) is 6.61 Å². The number of aromatic carboxylic acids is 1. The van der Waals surface area contributed by atoms with E-state index in [1.807, 2.05) is 0 Å². The van der Waals surface area contributed by atoms with Crippen molar-refractivity contribution in [3.8, 4) is 0 Å². The Morgan fingerprint density at radius 2 is 1.76 bits per heavy atom. The van der Waals surface area contributed by atoms with Crippen molar-refractivity contribution in [2.75, 3.05) is 11.9 Å². The number of anilines is 1. The van der Waals surface area contributed by atoms with Crippen LogP contribution in [0.15, 0.2) is 48.5 Å². The Morgan fingerprint density at radius 1 is 1.12 bits per heavy atom. The normalized spacial score (nSPS) is 11.0. The number of hydrogen-bond acceptors (Lipinski definition) is 3. The third-order valence-corrected chi connectivity index (χ3v) is 3.39. The van der Waals surface area contributed by atoms with E-state index in [0.29, 0.717) is 12.1 Å². The Labute approximate surface area is 141 Å². The minimum absolute atomic E-state index is 0.0486. The van der Waals surface area contributed by atoms with Crippen LogP contribution in [0.2, 0.25) is 0 Å². The van der Waals surface area contributed by atoms with Crippen molar-refractivity contribution < 1.29 is 32.6 Å². The maximum atomic E-state index is 12.7. The van der Waals surface area contributed by atoms with Crippen LogP contribution in [0, 0.1) is 0 Å². The van der Waals surface area contributed by atoms with Gasteiger partial charge in [0.15, 0.2) is 0 Å². The Morgan fingerprint density at radius 3 is 2.32 bits per heavy atom. The highest BCUT2D eigenvalue weighted by molar-refractivity contribution is 5.99. The summed E-state index contributed by atoms with van der Waals surface area (Å²) in [7, 11) is 1.22. The highest BCUT2D eigenvalue weighted by Crippen LogP contribution is 2.33. The first-order chi connectivity index (χ1) is 11.7. The predicted octanol–water partition coefficient (Wildman–Crippen LogP) is 4.18. The first-order valence-corrected chi connectivity index (χ1v) is 7.09. The molecule has 0 saturated carbocycles. The zero-order valence-corrected chi connectivity index (χ0v) is 13.1. The van der Waals surface area contributed by atoms with Gasteiger partial charge in [-0.2, -0.15) is 13.2 Å². The van der Waals surface area contributed by atoms with Crippen LogP contribution in [0.3, 0.4) is 0 Å². The van der Waals surface area contributed by atoms with Crippen LogP contribution in [0.25, 0.3) is 0 Å². The molecule has 132 valence electrons. The van der Waals surface area contributed by atoms with E-state index in [1.165, 1.54) is 7.05 Å². The molecule has 0 aliphatic rings. The number of halogens is 3. The number of carboxylic acid groups (broad SMARTS) is 1. The fourth-order valence-electron chi connectivity index (χ4n) is 2.09. The lowest BCUT2D eigenvalue weighted by molar-refractivity contribution is -0.137. The maximum Gasteiger partial charge on any atom is 0.416 e. The standard InChI is InChI=1S/C17H14F3NO4/c1-21(16(24)25-10-11-5-3-2-4-6-11)14-8-7-12(17(18,19)20)9-13(14)15(22)23/h2-9H,10H2,1H3,(H,22,23). The quantitative estimate of drug-likeness (QED) is 0.896. The second-order valence-electron chi connectivity index (χ2n) is 5.13. The topological polar surface area (TPSA) is 66.8 Å². The lowest BCUT2D eigenvalue weighted by atomic mass is 10.1. The van der Waals surface area contributed by atoms with E-state index < -0.39 is 29.4 Å². The summed E-state index contributed by atoms with van der Waals surface area (Å²) in [5.41, 5.74) is -1.23. The van der Waals surface area contributed by atoms with Crippen molar-refractivity contribution in [1.29, 1.82) is 0 Å². The zero-order valence-electron chi connectivity index (χ0n) is 13.1. The van der Waals surface area contributed by atoms with Gasteiger partial charge in [-0.05, 0) is 23.8 Å². The Balaban J connectivity index is 2.21. The summed E-state index contributed by atoms with van der Waals surface area (Å²) in [6.07, 6.45) is -5.57. The number of amides is 1. The largest absolute Gasteiger partial charge is 0.478 e. The van der Waals surface area contributed by atoms with Gasteiger partial charge in [-0.1, -0.05) is 30.3 Å². The van der Waals surface area contributed by atoms with Crippen molar-refractivity contribution in [2.45, 2.75) is 12.8 Å². The van der Waals surface area contributed by atoms with Gasteiger partial charge in [-0.3, -0.25) is 4.90 Å². The second kappa shape index (κ2) is 7.25. The summed E-state index contributed by atoms with van der Waals surface area (Å²) in [6, 6.07) is 10.9. The zero-order chi connectivity index (χ0) is 18.6. The molecule has 0 heterocycles. The van der Waals surface area contributed by atoms with Gasteiger partial charge in [0.2, 0.25) is 0 Å². The molecule has 0 aromatic heterocycles. The first-order valence-electron chi connectivity index (χ1n) is 7.09. The van der Waals surface area contributed by atoms with Crippen LogP contribution in [0.1, 0.15) is 21.5 Å². The lowest BCUT2D eigenvalue weighted by Gasteiger charge is -2.20. The van der Waals surface area contributed by atoms with Crippen LogP contribution in [0.5, 0.6) is 0 Å². The predicted molar refractivity (Wildman–Crippen MR) is 83.4 cm³/mol. The van der Waals surface area contributed by atoms with Crippen LogP contribution in [-0.4, -0.2) is 24.2 Å². The van der Waals surface area contributed by atoms with Crippen molar-refractivity contribution >= 4 is 17.7 Å². The number of carboxylic acids is 1. The van der Waals surface area contributed by atoms with Gasteiger partial charge in [-0.25, -0.2) is 9.59 Å². The Hall–Kier alpha value is -3.03. The molecule has 2 aromatic carbocycles. The molecule has 0 unspecified atom stereocenters. The van der Waals surface area contributed by atoms with Crippen LogP contribution in [-0.2, 0) is 17.5 Å². The van der Waals surface area contributed by atoms with Crippen molar-refractivity contribution in [1.82, 2.24) is 0 Å². The number of benzene rings is 2. The van der Waals surface area contributed by atoms with Crippen molar-refractivity contribution in [3.05, 3.63) is 65.2 Å². The van der Waals surface area contributed by atoms with E-state index in [2.05, 4.69) is 0 Å². The van der Waals surface area contributed by atoms with Gasteiger partial charge in [0.05, 0.1) is 16.8 Å². The molecule has 0 bridgehead atoms. The van der Waals surface area contributed by atoms with Gasteiger partial charge in [-0.15, -0.1) is 0 Å². The van der Waals surface area contributed by atoms with E-state index in [9.17, 15) is 22.8 Å². The molecule has 0 aliphatic heterocycles. The number of hydrogen-bond donors (Lipinski definition) is 1. The van der Waals surface area contributed by atoms with Gasteiger partial charge in [0.25, 0.3) is 0 Å². The molecule has 1 amide bonds. The number of ether oxygens (including phenoxy) is 1. The summed E-state index contributed by atoms with van der Waals surface area (Å²) in [5, 5.41) is 9.15. The molecule has 5 nitrogen and oxygen atoms in total. The number of nitrogens with zero attached hydrogens (tertiary/aromatic N) is 1. The van der Waals surface area contributed by atoms with Crippen molar-refractivity contribution in [2.24, 2.45) is 0 Å². The molecule has 0 saturated heterocycles. The molecule has 0 fully saturated rings. The minimum Gasteiger partial charge on any atom is -0.478 e. The fraction of sp³-hybridized carbons (Fsp3) is 0.176. The first kappa shape index (κ1) is 18.3. The summed E-state index contributed by atoms with van der Waals surface area (Å²) >= 11 is 0. The molecular weight excluding hydrogens is 339 g/mol. The Bertz CT molecular complexity index is 775. The molecule has 8 heteroatoms. The van der Waals surface area contributed by atoms with E-state index in [1.54, 1.807) is 30.3 Å². The average Bonchev–Trinajstić information content (AvgIpc) is 2.58. The van der Waals surface area contributed by atoms with Crippen LogP contribution < -0.4 is 4.90 Å². The number of rotatable bonds is 4. The van der Waals surface area contributed by atoms with Gasteiger partial charge < -0.3 is 9.84 Å². The van der Waals surface area contributed by atoms with Crippen LogP contribution in [0.4, 0.5) is 23.7 Å². The van der Waals surface area contributed by atoms with E-state index in [-0.39, 0.29) is 12.3 Å². The van der Waals surface area contributed by atoms with Gasteiger partial charge in [0, 0.05) is 7.05 Å². The molecule has 2 aromatic rings. The van der Waals surface area contributed by atoms with E-state index in [4.69, 9.17) is 9.84 Å². The molecule has 2 rings (SSSR count). The van der Waals surface area contributed by atoms with Crippen LogP contribution >= 0.6 is 0 Å². The van der Waals surface area contributed by atoms with E-state index in [0.717, 1.165) is 16.5 Å². The van der Waals surface area contributed by atoms with Gasteiger partial charge >= 0.3 is 18.2 Å². The summed E-state index contributed by atoms with van der Waals surface area (Å²) in [6.45, 7) is -0.0486. The van der Waals surface area contributed by atoms with Crippen molar-refractivity contribution in [3.63, 3.8) is 0 Å². The smallest absolute Gasteiger partial charge is 0.416 e. The second-order valence-corrected chi connectivity index (χ2v) is 5.13. The number of carbonyl (C=O) groups is 2. The monoisotopic (exact) mass is 353 g/mol. The molecular formula is C17H14F3NO4. The fourth-order valence-corrected chi connectivity index (χ4v) is 2.09. The SMILES string of the molecule is CN(C(=O)OCc1ccccc1)c1ccc(C(F)(F)F)cc1C(=O)O. The van der Waals surface area contributed by atoms with E-state index >= 15 is 0 Å².